The maximum Gasteiger partial charge on any atom is 0.328 e. The maximum atomic E-state index is 12.0. The molecule has 0 radical (unpaired) electrons. The molecule has 3 N–H and O–H groups in total. The molecule has 0 aromatic rings. The highest BCUT2D eigenvalue weighted by molar-refractivity contribution is 5.85. The molecule has 110 valence electrons. The van der Waals surface area contributed by atoms with Crippen molar-refractivity contribution in [2.75, 3.05) is 7.11 Å². The van der Waals surface area contributed by atoms with Gasteiger partial charge < -0.3 is 15.8 Å². The zero-order valence-corrected chi connectivity index (χ0v) is 12.2. The summed E-state index contributed by atoms with van der Waals surface area (Å²) in [6.07, 6.45) is 4.79. The first-order valence-corrected chi connectivity index (χ1v) is 7.02. The zero-order chi connectivity index (χ0) is 14.5. The molecule has 1 rings (SSSR count). The molecule has 0 aromatic heterocycles. The van der Waals surface area contributed by atoms with Gasteiger partial charge in [0.25, 0.3) is 0 Å². The smallest absolute Gasteiger partial charge is 0.328 e. The van der Waals surface area contributed by atoms with Gasteiger partial charge >= 0.3 is 5.97 Å². The number of rotatable bonds is 6. The van der Waals surface area contributed by atoms with Crippen LogP contribution in [0.1, 0.15) is 52.4 Å². The molecule has 19 heavy (non-hydrogen) atoms. The Bertz CT molecular complexity index is 323. The molecule has 1 atom stereocenters. The van der Waals surface area contributed by atoms with Crippen LogP contribution >= 0.6 is 0 Å². The Morgan fingerprint density at radius 2 is 1.89 bits per heavy atom. The van der Waals surface area contributed by atoms with Crippen molar-refractivity contribution >= 4 is 11.9 Å². The van der Waals surface area contributed by atoms with Crippen LogP contribution in [0.5, 0.6) is 0 Å². The van der Waals surface area contributed by atoms with Gasteiger partial charge in [-0.15, -0.1) is 0 Å². The Morgan fingerprint density at radius 3 is 2.37 bits per heavy atom. The summed E-state index contributed by atoms with van der Waals surface area (Å²) >= 11 is 0. The third-order valence-corrected chi connectivity index (χ3v) is 3.64. The highest BCUT2D eigenvalue weighted by Gasteiger charge is 2.33. The first kappa shape index (κ1) is 16.0. The fourth-order valence-electron chi connectivity index (χ4n) is 2.65. The molecule has 0 unspecified atom stereocenters. The van der Waals surface area contributed by atoms with Crippen molar-refractivity contribution in [3.63, 3.8) is 0 Å². The van der Waals surface area contributed by atoms with E-state index in [1.807, 2.05) is 13.8 Å². The molecule has 0 bridgehead atoms. The van der Waals surface area contributed by atoms with Gasteiger partial charge in [-0.05, 0) is 25.2 Å². The van der Waals surface area contributed by atoms with Gasteiger partial charge in [-0.2, -0.15) is 0 Å². The first-order valence-electron chi connectivity index (χ1n) is 7.02. The van der Waals surface area contributed by atoms with Crippen LogP contribution in [-0.4, -0.2) is 30.6 Å². The lowest BCUT2D eigenvalue weighted by molar-refractivity contribution is -0.145. The summed E-state index contributed by atoms with van der Waals surface area (Å²) in [4.78, 5) is 23.6. The SMILES string of the molecule is COC(=O)[C@H](CC(C)C)NC(=O)CC1(N)CCCC1. The van der Waals surface area contributed by atoms with Crippen molar-refractivity contribution in [1.29, 1.82) is 0 Å². The highest BCUT2D eigenvalue weighted by atomic mass is 16.5. The third kappa shape index (κ3) is 5.19. The molecular formula is C14H26N2O3. The topological polar surface area (TPSA) is 81.4 Å². The molecule has 5 nitrogen and oxygen atoms in total. The van der Waals surface area contributed by atoms with Crippen LogP contribution in [-0.2, 0) is 14.3 Å². The highest BCUT2D eigenvalue weighted by Crippen LogP contribution is 2.29. The second-order valence-electron chi connectivity index (χ2n) is 6.02. The second kappa shape index (κ2) is 6.89. The quantitative estimate of drug-likeness (QED) is 0.714. The summed E-state index contributed by atoms with van der Waals surface area (Å²) in [5.74, 6) is -0.234. The van der Waals surface area contributed by atoms with Crippen LogP contribution in [0, 0.1) is 5.92 Å². The van der Waals surface area contributed by atoms with Crippen LogP contribution in [0.3, 0.4) is 0 Å². The average Bonchev–Trinajstić information content (AvgIpc) is 2.72. The van der Waals surface area contributed by atoms with Crippen LogP contribution in [0.25, 0.3) is 0 Å². The van der Waals surface area contributed by atoms with Crippen molar-refractivity contribution in [2.24, 2.45) is 11.7 Å². The monoisotopic (exact) mass is 270 g/mol. The summed E-state index contributed by atoms with van der Waals surface area (Å²) in [5.41, 5.74) is 5.78. The van der Waals surface area contributed by atoms with Crippen LogP contribution in [0.2, 0.25) is 0 Å². The minimum Gasteiger partial charge on any atom is -0.467 e. The summed E-state index contributed by atoms with van der Waals surface area (Å²) in [6.45, 7) is 4.01. The van der Waals surface area contributed by atoms with Gasteiger partial charge in [0.15, 0.2) is 0 Å². The first-order chi connectivity index (χ1) is 8.86. The minimum absolute atomic E-state index is 0.152. The number of carbonyl (C=O) groups is 2. The van der Waals surface area contributed by atoms with E-state index in [9.17, 15) is 9.59 Å². The number of carbonyl (C=O) groups excluding carboxylic acids is 2. The summed E-state index contributed by atoms with van der Waals surface area (Å²) < 4.78 is 4.72. The molecule has 1 aliphatic rings. The van der Waals surface area contributed by atoms with Crippen molar-refractivity contribution in [3.8, 4) is 0 Å². The fourth-order valence-corrected chi connectivity index (χ4v) is 2.65. The zero-order valence-electron chi connectivity index (χ0n) is 12.2. The number of esters is 1. The molecule has 1 amide bonds. The predicted molar refractivity (Wildman–Crippen MR) is 73.4 cm³/mol. The molecule has 1 fully saturated rings. The third-order valence-electron chi connectivity index (χ3n) is 3.64. The fraction of sp³-hybridized carbons (Fsp3) is 0.857. The number of nitrogens with two attached hydrogens (primary N) is 1. The van der Waals surface area contributed by atoms with E-state index in [1.165, 1.54) is 7.11 Å². The van der Waals surface area contributed by atoms with E-state index in [1.54, 1.807) is 0 Å². The number of amides is 1. The Balaban J connectivity index is 2.53. The number of methoxy groups -OCH3 is 1. The standard InChI is InChI=1S/C14H26N2O3/c1-10(2)8-11(13(18)19-3)16-12(17)9-14(15)6-4-5-7-14/h10-11H,4-9,15H2,1-3H3,(H,16,17)/t11-/m0/s1. The largest absolute Gasteiger partial charge is 0.467 e. The minimum atomic E-state index is -0.567. The van der Waals surface area contributed by atoms with E-state index in [0.717, 1.165) is 25.7 Å². The van der Waals surface area contributed by atoms with Crippen molar-refractivity contribution in [1.82, 2.24) is 5.32 Å². The van der Waals surface area contributed by atoms with Gasteiger partial charge in [-0.1, -0.05) is 26.7 Å². The number of ether oxygens (including phenoxy) is 1. The van der Waals surface area contributed by atoms with E-state index in [2.05, 4.69) is 5.32 Å². The van der Waals surface area contributed by atoms with E-state index in [-0.39, 0.29) is 17.4 Å². The Kier molecular flexibility index (Phi) is 5.79. The Hall–Kier alpha value is -1.10. The van der Waals surface area contributed by atoms with Gasteiger partial charge in [0.2, 0.25) is 5.91 Å². The van der Waals surface area contributed by atoms with Gasteiger partial charge in [0.1, 0.15) is 6.04 Å². The molecule has 0 spiro atoms. The number of nitrogens with one attached hydrogen (secondary N) is 1. The number of hydrogen-bond acceptors (Lipinski definition) is 4. The van der Waals surface area contributed by atoms with Crippen LogP contribution < -0.4 is 11.1 Å². The summed E-state index contributed by atoms with van der Waals surface area (Å²) in [7, 11) is 1.34. The number of hydrogen-bond donors (Lipinski definition) is 2. The molecule has 1 aliphatic carbocycles. The van der Waals surface area contributed by atoms with Gasteiger partial charge in [-0.3, -0.25) is 4.79 Å². The lowest BCUT2D eigenvalue weighted by Crippen LogP contribution is -2.47. The Morgan fingerprint density at radius 1 is 1.32 bits per heavy atom. The molecule has 0 aromatic carbocycles. The lowest BCUT2D eigenvalue weighted by atomic mass is 9.94. The van der Waals surface area contributed by atoms with E-state index in [4.69, 9.17) is 10.5 Å². The van der Waals surface area contributed by atoms with E-state index in [0.29, 0.717) is 18.8 Å². The van der Waals surface area contributed by atoms with Crippen molar-refractivity contribution < 1.29 is 14.3 Å². The lowest BCUT2D eigenvalue weighted by Gasteiger charge is -2.25. The van der Waals surface area contributed by atoms with Crippen molar-refractivity contribution in [2.45, 2.75) is 64.0 Å². The van der Waals surface area contributed by atoms with Gasteiger partial charge in [-0.25, -0.2) is 4.79 Å². The molecule has 1 saturated carbocycles. The second-order valence-corrected chi connectivity index (χ2v) is 6.02. The summed E-state index contributed by atoms with van der Waals surface area (Å²) in [6, 6.07) is -0.567. The van der Waals surface area contributed by atoms with Crippen LogP contribution in [0.4, 0.5) is 0 Å². The van der Waals surface area contributed by atoms with E-state index >= 15 is 0 Å². The van der Waals surface area contributed by atoms with Gasteiger partial charge in [0.05, 0.1) is 7.11 Å². The molecular weight excluding hydrogens is 244 g/mol. The Labute approximate surface area is 115 Å². The normalized spacial score (nSPS) is 19.2. The predicted octanol–water partition coefficient (Wildman–Crippen LogP) is 1.35. The van der Waals surface area contributed by atoms with Crippen molar-refractivity contribution in [3.05, 3.63) is 0 Å². The van der Waals surface area contributed by atoms with E-state index < -0.39 is 6.04 Å². The average molecular weight is 270 g/mol. The molecule has 0 aliphatic heterocycles. The summed E-state index contributed by atoms with van der Waals surface area (Å²) in [5, 5.41) is 2.76. The van der Waals surface area contributed by atoms with Crippen LogP contribution in [0.15, 0.2) is 0 Å². The maximum absolute atomic E-state index is 12.0. The molecule has 0 heterocycles. The molecule has 0 saturated heterocycles. The van der Waals surface area contributed by atoms with Gasteiger partial charge in [0, 0.05) is 12.0 Å². The molecule has 5 heteroatoms.